The van der Waals surface area contributed by atoms with Gasteiger partial charge in [-0.3, -0.25) is 4.79 Å². The average molecular weight is 340 g/mol. The van der Waals surface area contributed by atoms with Gasteiger partial charge in [0.2, 0.25) is 11.8 Å². The smallest absolute Gasteiger partial charge is 0.407 e. The molecule has 1 aliphatic rings. The van der Waals surface area contributed by atoms with E-state index in [2.05, 4.69) is 5.32 Å². The van der Waals surface area contributed by atoms with E-state index in [1.807, 2.05) is 0 Å². The zero-order chi connectivity index (χ0) is 18.1. The van der Waals surface area contributed by atoms with E-state index in [1.165, 1.54) is 0 Å². The number of nitrogens with zero attached hydrogens (tertiary/aromatic N) is 1. The van der Waals surface area contributed by atoms with E-state index in [0.29, 0.717) is 25.7 Å². The first-order valence-electron chi connectivity index (χ1n) is 7.95. The van der Waals surface area contributed by atoms with Gasteiger partial charge in [-0.05, 0) is 46.5 Å². The molecule has 1 fully saturated rings. The maximum atomic E-state index is 12.4. The molecule has 0 aromatic carbocycles. The Labute approximate surface area is 140 Å². The minimum Gasteiger partial charge on any atom is -0.492 e. The Hall–Kier alpha value is -2.38. The fourth-order valence-corrected chi connectivity index (χ4v) is 2.85. The van der Waals surface area contributed by atoms with Gasteiger partial charge in [-0.2, -0.15) is 0 Å². The van der Waals surface area contributed by atoms with Crippen molar-refractivity contribution in [2.24, 2.45) is 5.92 Å². The molecule has 8 nitrogen and oxygen atoms in total. The zero-order valence-corrected chi connectivity index (χ0v) is 14.1. The molecule has 0 spiro atoms. The molecule has 1 aromatic heterocycles. The Bertz CT molecular complexity index is 623. The first kappa shape index (κ1) is 18.0. The van der Waals surface area contributed by atoms with Crippen molar-refractivity contribution in [3.05, 3.63) is 11.6 Å². The second-order valence-corrected chi connectivity index (χ2v) is 7.11. The minimum absolute atomic E-state index is 0.0617. The van der Waals surface area contributed by atoms with E-state index in [0.717, 1.165) is 6.07 Å². The fraction of sp³-hybridized carbons (Fsp3) is 0.625. The Morgan fingerprint density at radius 3 is 2.25 bits per heavy atom. The van der Waals surface area contributed by atoms with E-state index in [1.54, 1.807) is 20.8 Å². The highest BCUT2D eigenvalue weighted by atomic mass is 16.6. The third-order valence-corrected chi connectivity index (χ3v) is 4.02. The maximum absolute atomic E-state index is 12.4. The van der Waals surface area contributed by atoms with Gasteiger partial charge in [-0.1, -0.05) is 0 Å². The van der Waals surface area contributed by atoms with Gasteiger partial charge in [-0.15, -0.1) is 4.73 Å². The second-order valence-electron chi connectivity index (χ2n) is 7.11. The molecule has 1 amide bonds. The maximum Gasteiger partial charge on any atom is 0.407 e. The number of Topliss-reactive ketones (excluding diaryl/α,β-unsaturated/α-hetero) is 1. The van der Waals surface area contributed by atoms with Gasteiger partial charge in [0.15, 0.2) is 5.78 Å². The SMILES string of the molecule is CC(C)(C)OC(=O)NC1CCC(C(=O)c2cc(O)n(O)c2O)CC1. The molecule has 1 aromatic rings. The average Bonchev–Trinajstić information content (AvgIpc) is 2.73. The predicted molar refractivity (Wildman–Crippen MR) is 84.4 cm³/mol. The number of carbonyl (C=O) groups excluding carboxylic acids is 2. The number of aromatic nitrogens is 1. The summed E-state index contributed by atoms with van der Waals surface area (Å²) in [5.74, 6) is -1.90. The van der Waals surface area contributed by atoms with E-state index in [-0.39, 0.29) is 28.0 Å². The second kappa shape index (κ2) is 6.62. The summed E-state index contributed by atoms with van der Waals surface area (Å²) in [6.45, 7) is 5.37. The standard InChI is InChI=1S/C16H24N2O6/c1-16(2,3)24-15(22)17-10-6-4-9(5-7-10)13(20)11-8-12(19)18(23)14(11)21/h8-10,19,21,23H,4-7H2,1-3H3,(H,17,22). The molecule has 8 heteroatoms. The third kappa shape index (κ3) is 4.12. The number of rotatable bonds is 3. The normalized spacial score (nSPS) is 21.3. The van der Waals surface area contributed by atoms with Gasteiger partial charge >= 0.3 is 6.09 Å². The summed E-state index contributed by atoms with van der Waals surface area (Å²) in [4.78, 5) is 24.2. The molecule has 2 rings (SSSR count). The van der Waals surface area contributed by atoms with Crippen LogP contribution in [0.4, 0.5) is 4.79 Å². The lowest BCUT2D eigenvalue weighted by molar-refractivity contribution is 0.0487. The Kier molecular flexibility index (Phi) is 4.96. The Morgan fingerprint density at radius 1 is 1.21 bits per heavy atom. The molecular weight excluding hydrogens is 316 g/mol. The quantitative estimate of drug-likeness (QED) is 0.495. The van der Waals surface area contributed by atoms with Gasteiger partial charge in [0.1, 0.15) is 5.60 Å². The number of alkyl carbamates (subject to hydrolysis) is 1. The van der Waals surface area contributed by atoms with Crippen molar-refractivity contribution < 1.29 is 29.7 Å². The van der Waals surface area contributed by atoms with Crippen LogP contribution in [0.3, 0.4) is 0 Å². The molecule has 0 unspecified atom stereocenters. The van der Waals surface area contributed by atoms with Crippen LogP contribution in [-0.4, -0.2) is 43.7 Å². The van der Waals surface area contributed by atoms with Crippen molar-refractivity contribution in [2.75, 3.05) is 0 Å². The fourth-order valence-electron chi connectivity index (χ4n) is 2.85. The van der Waals surface area contributed by atoms with Crippen molar-refractivity contribution in [3.8, 4) is 11.8 Å². The molecule has 0 radical (unpaired) electrons. The lowest BCUT2D eigenvalue weighted by atomic mass is 9.82. The molecule has 24 heavy (non-hydrogen) atoms. The third-order valence-electron chi connectivity index (χ3n) is 4.02. The van der Waals surface area contributed by atoms with Crippen LogP contribution in [-0.2, 0) is 4.74 Å². The Morgan fingerprint density at radius 2 is 1.79 bits per heavy atom. The van der Waals surface area contributed by atoms with E-state index >= 15 is 0 Å². The molecule has 4 N–H and O–H groups in total. The van der Waals surface area contributed by atoms with E-state index < -0.39 is 23.5 Å². The van der Waals surface area contributed by atoms with Crippen LogP contribution in [0.5, 0.6) is 11.8 Å². The van der Waals surface area contributed by atoms with Gasteiger partial charge < -0.3 is 25.5 Å². The van der Waals surface area contributed by atoms with Gasteiger partial charge in [0, 0.05) is 18.0 Å². The number of carbonyl (C=O) groups is 2. The van der Waals surface area contributed by atoms with E-state index in [4.69, 9.17) is 4.74 Å². The van der Waals surface area contributed by atoms with Gasteiger partial charge in [0.25, 0.3) is 0 Å². The minimum atomic E-state index is -0.661. The van der Waals surface area contributed by atoms with Crippen LogP contribution in [0.1, 0.15) is 56.8 Å². The van der Waals surface area contributed by atoms with E-state index in [9.17, 15) is 25.0 Å². The molecule has 1 heterocycles. The summed E-state index contributed by atoms with van der Waals surface area (Å²) in [6, 6.07) is 0.983. The summed E-state index contributed by atoms with van der Waals surface area (Å²) < 4.78 is 5.38. The lowest BCUT2D eigenvalue weighted by Crippen LogP contribution is -2.41. The molecule has 134 valence electrons. The van der Waals surface area contributed by atoms with Gasteiger partial charge in [0.05, 0.1) is 5.56 Å². The highest BCUT2D eigenvalue weighted by Crippen LogP contribution is 2.33. The molecule has 1 saturated carbocycles. The number of aromatic hydroxyl groups is 2. The summed E-state index contributed by atoms with van der Waals surface area (Å²) in [5, 5.41) is 31.1. The summed E-state index contributed by atoms with van der Waals surface area (Å²) in [6.07, 6.45) is 1.83. The molecule has 0 saturated heterocycles. The topological polar surface area (TPSA) is 121 Å². The lowest BCUT2D eigenvalue weighted by Gasteiger charge is -2.29. The first-order valence-corrected chi connectivity index (χ1v) is 7.95. The molecule has 1 aliphatic carbocycles. The summed E-state index contributed by atoms with van der Waals surface area (Å²) in [7, 11) is 0. The highest BCUT2D eigenvalue weighted by Gasteiger charge is 2.31. The van der Waals surface area contributed by atoms with Crippen LogP contribution in [0.2, 0.25) is 0 Å². The monoisotopic (exact) mass is 340 g/mol. The molecule has 0 aliphatic heterocycles. The molecular formula is C16H24N2O6. The number of amides is 1. The van der Waals surface area contributed by atoms with Crippen molar-refractivity contribution >= 4 is 11.9 Å². The first-order chi connectivity index (χ1) is 11.1. The number of nitrogens with one attached hydrogen (secondary N) is 1. The van der Waals surface area contributed by atoms with Crippen LogP contribution >= 0.6 is 0 Å². The molecule has 0 bridgehead atoms. The number of ketones is 1. The van der Waals surface area contributed by atoms with Crippen LogP contribution in [0, 0.1) is 5.92 Å². The van der Waals surface area contributed by atoms with Crippen LogP contribution < -0.4 is 5.32 Å². The largest absolute Gasteiger partial charge is 0.492 e. The van der Waals surface area contributed by atoms with Crippen molar-refractivity contribution in [3.63, 3.8) is 0 Å². The zero-order valence-electron chi connectivity index (χ0n) is 14.1. The van der Waals surface area contributed by atoms with Gasteiger partial charge in [-0.25, -0.2) is 4.79 Å². The Balaban J connectivity index is 1.89. The van der Waals surface area contributed by atoms with Crippen molar-refractivity contribution in [1.29, 1.82) is 0 Å². The van der Waals surface area contributed by atoms with Crippen LogP contribution in [0.15, 0.2) is 6.07 Å². The predicted octanol–water partition coefficient (Wildman–Crippen LogP) is 2.40. The molecule has 0 atom stereocenters. The number of hydrogen-bond acceptors (Lipinski definition) is 6. The summed E-state index contributed by atoms with van der Waals surface area (Å²) >= 11 is 0. The summed E-state index contributed by atoms with van der Waals surface area (Å²) in [5.41, 5.74) is -0.660. The number of hydrogen-bond donors (Lipinski definition) is 4. The van der Waals surface area contributed by atoms with Crippen molar-refractivity contribution in [1.82, 2.24) is 10.0 Å². The van der Waals surface area contributed by atoms with Crippen LogP contribution in [0.25, 0.3) is 0 Å². The number of ether oxygens (including phenoxy) is 1. The highest BCUT2D eigenvalue weighted by molar-refractivity contribution is 6.00. The van der Waals surface area contributed by atoms with Crippen molar-refractivity contribution in [2.45, 2.75) is 58.1 Å².